The van der Waals surface area contributed by atoms with Gasteiger partial charge >= 0.3 is 10.4 Å². The number of nitrogens with zero attached hydrogens (tertiary/aromatic N) is 4. The van der Waals surface area contributed by atoms with Crippen molar-refractivity contribution in [1.29, 1.82) is 0 Å². The number of nitrogen functional groups attached to an aromatic ring is 1. The molecule has 0 radical (unpaired) electrons. The number of β-lactam (4-membered cyclic amide) rings is 1. The summed E-state index contributed by atoms with van der Waals surface area (Å²) in [5.74, 6) is -2.48. The molecular formula is C18H22N6O10S3. The highest BCUT2D eigenvalue weighted by atomic mass is 32.3. The van der Waals surface area contributed by atoms with E-state index in [-0.39, 0.29) is 22.3 Å². The summed E-state index contributed by atoms with van der Waals surface area (Å²) < 4.78 is 35.6. The van der Waals surface area contributed by atoms with Crippen LogP contribution in [0.25, 0.3) is 0 Å². The highest BCUT2D eigenvalue weighted by molar-refractivity contribution is 7.98. The molecule has 6 N–H and O–H groups in total. The summed E-state index contributed by atoms with van der Waals surface area (Å²) in [4.78, 5) is 46.9. The maximum absolute atomic E-state index is 13.1. The molecule has 1 fully saturated rings. The molecular weight excluding hydrogens is 556 g/mol. The molecule has 2 aromatic heterocycles. The second kappa shape index (κ2) is 10.5. The highest BCUT2D eigenvalue weighted by Gasteiger charge is 2.58. The zero-order chi connectivity index (χ0) is 27.7. The van der Waals surface area contributed by atoms with Gasteiger partial charge in [-0.3, -0.25) is 18.9 Å². The van der Waals surface area contributed by atoms with Gasteiger partial charge in [-0.15, -0.1) is 15.6 Å². The van der Waals surface area contributed by atoms with Gasteiger partial charge in [-0.1, -0.05) is 5.16 Å². The molecule has 0 bridgehead atoms. The summed E-state index contributed by atoms with van der Waals surface area (Å²) >= 11 is 2.25. The molecule has 37 heavy (non-hydrogen) atoms. The van der Waals surface area contributed by atoms with E-state index in [9.17, 15) is 33.1 Å². The smallest absolute Gasteiger partial charge is 0.418 e. The summed E-state index contributed by atoms with van der Waals surface area (Å²) in [5.41, 5.74) is 2.96. The number of hydrogen-bond acceptors (Lipinski definition) is 14. The fourth-order valence-corrected chi connectivity index (χ4v) is 4.76. The Balaban J connectivity index is 1.90. The van der Waals surface area contributed by atoms with Gasteiger partial charge in [-0.05, 0) is 20.1 Å². The Labute approximate surface area is 217 Å². The number of thiazole rings is 1. The molecule has 2 unspecified atom stereocenters. The molecule has 3 rings (SSSR count). The van der Waals surface area contributed by atoms with Crippen LogP contribution in [-0.2, 0) is 29.1 Å². The number of carbonyl (C=O) groups is 2. The molecule has 1 saturated heterocycles. The number of pyridine rings is 1. The first-order chi connectivity index (χ1) is 17.2. The van der Waals surface area contributed by atoms with Gasteiger partial charge in [0.1, 0.15) is 17.4 Å². The summed E-state index contributed by atoms with van der Waals surface area (Å²) in [5, 5.41) is 27.7. The average Bonchev–Trinajstić information content (AvgIpc) is 3.22. The standard InChI is InChI=1S/C18H22N6O10S3/c1-18(2)14(16(28)24(18)34-37(30,31)32)21-15(27)13(8-6-36-17(19)20-8)22-33-12(7-35-3)9-4-10(25)11(26)5-23(9)29/h4-6,12,14,26,29H,7H2,1-3H3,(H2,19,20)(H,21,27)(H,30,31,32)/b22-13-. The lowest BCUT2D eigenvalue weighted by molar-refractivity contribution is -0.218. The molecule has 0 aromatic carbocycles. The second-order valence-electron chi connectivity index (χ2n) is 8.05. The lowest BCUT2D eigenvalue weighted by Gasteiger charge is -2.50. The Bertz CT molecular complexity index is 1400. The van der Waals surface area contributed by atoms with Gasteiger partial charge in [0, 0.05) is 17.2 Å². The van der Waals surface area contributed by atoms with Crippen molar-refractivity contribution in [2.24, 2.45) is 5.16 Å². The van der Waals surface area contributed by atoms with Crippen LogP contribution in [0.15, 0.2) is 27.6 Å². The SMILES string of the molecule is CSCC(O/N=C(\C(=O)NC1C(=O)N(OS(=O)(=O)O)C1(C)C)c1csc(N)n1)c1cc(=O)c(O)cn1O. The zero-order valence-electron chi connectivity index (χ0n) is 19.4. The third-order valence-corrected chi connectivity index (χ3v) is 6.71. The van der Waals surface area contributed by atoms with E-state index in [0.717, 1.165) is 23.6 Å². The first-order valence-electron chi connectivity index (χ1n) is 10.1. The third-order valence-electron chi connectivity index (χ3n) is 5.06. The Hall–Kier alpha value is -3.39. The topological polar surface area (TPSA) is 236 Å². The molecule has 16 nitrogen and oxygen atoms in total. The van der Waals surface area contributed by atoms with Crippen molar-refractivity contribution in [1.82, 2.24) is 20.1 Å². The number of nitrogens with one attached hydrogen (secondary N) is 1. The molecule has 0 spiro atoms. The Morgan fingerprint density at radius 3 is 2.65 bits per heavy atom. The molecule has 19 heteroatoms. The van der Waals surface area contributed by atoms with E-state index in [1.165, 1.54) is 31.0 Å². The predicted molar refractivity (Wildman–Crippen MR) is 130 cm³/mol. The predicted octanol–water partition coefficient (Wildman–Crippen LogP) is -0.505. The van der Waals surface area contributed by atoms with Crippen molar-refractivity contribution in [3.8, 4) is 5.75 Å². The van der Waals surface area contributed by atoms with Crippen LogP contribution in [0.2, 0.25) is 0 Å². The number of thioether (sulfide) groups is 1. The van der Waals surface area contributed by atoms with Crippen molar-refractivity contribution in [2.75, 3.05) is 17.7 Å². The summed E-state index contributed by atoms with van der Waals surface area (Å²) in [6, 6.07) is -0.351. The molecule has 2 amide bonds. The first kappa shape index (κ1) is 28.2. The number of amides is 2. The van der Waals surface area contributed by atoms with Crippen LogP contribution in [0, 0.1) is 0 Å². The van der Waals surface area contributed by atoms with Crippen LogP contribution >= 0.6 is 23.1 Å². The van der Waals surface area contributed by atoms with Crippen LogP contribution in [0.3, 0.4) is 0 Å². The molecule has 3 heterocycles. The summed E-state index contributed by atoms with van der Waals surface area (Å²) in [6.45, 7) is 2.75. The van der Waals surface area contributed by atoms with Gasteiger partial charge in [0.05, 0.1) is 11.7 Å². The molecule has 0 aliphatic carbocycles. The molecule has 202 valence electrons. The largest absolute Gasteiger partial charge is 0.503 e. The number of nitrogens with two attached hydrogens (primary N) is 1. The van der Waals surface area contributed by atoms with Crippen molar-refractivity contribution >= 4 is 56.2 Å². The van der Waals surface area contributed by atoms with Crippen LogP contribution in [0.1, 0.15) is 31.3 Å². The number of rotatable bonds is 10. The number of carbonyl (C=O) groups excluding carboxylic acids is 2. The Morgan fingerprint density at radius 1 is 1.43 bits per heavy atom. The van der Waals surface area contributed by atoms with Crippen LogP contribution < -0.4 is 16.5 Å². The summed E-state index contributed by atoms with van der Waals surface area (Å²) in [7, 11) is -4.99. The van der Waals surface area contributed by atoms with E-state index in [2.05, 4.69) is 19.7 Å². The Kier molecular flexibility index (Phi) is 8.03. The number of oxime groups is 1. The van der Waals surface area contributed by atoms with E-state index in [1.54, 1.807) is 6.26 Å². The molecule has 1 aliphatic heterocycles. The lowest BCUT2D eigenvalue weighted by atomic mass is 9.84. The fraction of sp³-hybridized carbons (Fsp3) is 0.389. The summed E-state index contributed by atoms with van der Waals surface area (Å²) in [6.07, 6.45) is 1.41. The van der Waals surface area contributed by atoms with Gasteiger partial charge in [0.2, 0.25) is 5.43 Å². The maximum atomic E-state index is 13.1. The molecule has 0 saturated carbocycles. The van der Waals surface area contributed by atoms with Crippen molar-refractivity contribution in [3.05, 3.63) is 39.3 Å². The minimum absolute atomic E-state index is 0.0226. The van der Waals surface area contributed by atoms with Crippen LogP contribution in [-0.4, -0.2) is 79.2 Å². The average molecular weight is 579 g/mol. The second-order valence-corrected chi connectivity index (χ2v) is 10.9. The first-order valence-corrected chi connectivity index (χ1v) is 13.7. The number of aromatic hydroxyl groups is 1. The third kappa shape index (κ3) is 6.13. The van der Waals surface area contributed by atoms with Crippen LogP contribution in [0.5, 0.6) is 5.75 Å². The Morgan fingerprint density at radius 2 is 2.11 bits per heavy atom. The van der Waals surface area contributed by atoms with Gasteiger partial charge in [0.15, 0.2) is 22.7 Å². The number of aromatic nitrogens is 2. The minimum Gasteiger partial charge on any atom is -0.503 e. The van der Waals surface area contributed by atoms with Crippen LogP contribution in [0.4, 0.5) is 5.13 Å². The van der Waals surface area contributed by atoms with E-state index < -0.39 is 56.8 Å². The van der Waals surface area contributed by atoms with Gasteiger partial charge in [-0.2, -0.15) is 30.0 Å². The maximum Gasteiger partial charge on any atom is 0.418 e. The van der Waals surface area contributed by atoms with Crippen molar-refractivity contribution in [3.63, 3.8) is 0 Å². The van der Waals surface area contributed by atoms with Gasteiger partial charge in [0.25, 0.3) is 11.8 Å². The van der Waals surface area contributed by atoms with E-state index >= 15 is 0 Å². The van der Waals surface area contributed by atoms with Gasteiger partial charge < -0.3 is 26.2 Å². The highest BCUT2D eigenvalue weighted by Crippen LogP contribution is 2.33. The van der Waals surface area contributed by atoms with E-state index in [1.807, 2.05) is 0 Å². The van der Waals surface area contributed by atoms with Crippen molar-refractivity contribution in [2.45, 2.75) is 31.5 Å². The van der Waals surface area contributed by atoms with Gasteiger partial charge in [-0.25, -0.2) is 4.98 Å². The quantitative estimate of drug-likeness (QED) is 0.0786. The number of hydrogen-bond donors (Lipinski definition) is 5. The monoisotopic (exact) mass is 578 g/mol. The fourth-order valence-electron chi connectivity index (χ4n) is 3.23. The molecule has 2 aromatic rings. The number of hydroxylamine groups is 2. The van der Waals surface area contributed by atoms with Crippen molar-refractivity contribution < 1.29 is 42.0 Å². The van der Waals surface area contributed by atoms with E-state index in [0.29, 0.717) is 9.79 Å². The number of anilines is 1. The lowest BCUT2D eigenvalue weighted by Crippen LogP contribution is -2.76. The molecule has 1 aliphatic rings. The minimum atomic E-state index is -4.99. The normalized spacial score (nSPS) is 18.3. The molecule has 2 atom stereocenters. The zero-order valence-corrected chi connectivity index (χ0v) is 21.8. The van der Waals surface area contributed by atoms with E-state index in [4.69, 9.17) is 15.1 Å².